The molecule has 3 N–H and O–H groups in total. The molecule has 0 aliphatic heterocycles. The minimum Gasteiger partial charge on any atom is -0.448 e. The van der Waals surface area contributed by atoms with E-state index in [1.165, 1.54) is 6.92 Å². The van der Waals surface area contributed by atoms with Gasteiger partial charge in [-0.15, -0.1) is 0 Å². The number of amides is 4. The van der Waals surface area contributed by atoms with Crippen molar-refractivity contribution in [1.82, 2.24) is 20.9 Å². The van der Waals surface area contributed by atoms with Crippen LogP contribution in [0.15, 0.2) is 48.5 Å². The van der Waals surface area contributed by atoms with E-state index >= 15 is 0 Å². The molecule has 1 aliphatic rings. The molecule has 11 heteroatoms. The van der Waals surface area contributed by atoms with Gasteiger partial charge in [0.25, 0.3) is 0 Å². The number of carbonyl (C=O) groups excluding carboxylic acids is 5. The van der Waals surface area contributed by atoms with E-state index in [0.717, 1.165) is 27.2 Å². The van der Waals surface area contributed by atoms with Crippen LogP contribution in [0.5, 0.6) is 0 Å². The Morgan fingerprint density at radius 2 is 1.41 bits per heavy atom. The third-order valence-electron chi connectivity index (χ3n) is 5.72. The highest BCUT2D eigenvalue weighted by molar-refractivity contribution is 5.87. The predicted octanol–water partition coefficient (Wildman–Crippen LogP) is 2.54. The van der Waals surface area contributed by atoms with Gasteiger partial charge in [0, 0.05) is 5.92 Å². The van der Waals surface area contributed by atoms with Crippen molar-refractivity contribution in [2.45, 2.75) is 39.2 Å². The van der Waals surface area contributed by atoms with Crippen molar-refractivity contribution in [2.75, 3.05) is 32.9 Å². The quantitative estimate of drug-likeness (QED) is 0.395. The highest BCUT2D eigenvalue weighted by Crippen LogP contribution is 2.44. The number of nitrogens with one attached hydrogen (secondary N) is 3. The molecule has 0 saturated carbocycles. The summed E-state index contributed by atoms with van der Waals surface area (Å²) in [5.74, 6) is -1.65. The molecule has 1 aliphatic carbocycles. The molecule has 0 fully saturated rings. The molecule has 3 rings (SSSR count). The van der Waals surface area contributed by atoms with Crippen LogP contribution in [0.4, 0.5) is 9.59 Å². The van der Waals surface area contributed by atoms with Gasteiger partial charge in [-0.3, -0.25) is 19.3 Å². The SMILES string of the molecule is CC(=O)CNC(=O)CN(CNC(=O)CNC(=O)OC(C)(C)C)C(=O)OCC1c2ccccc2-c2ccccc21. The van der Waals surface area contributed by atoms with Crippen LogP contribution in [0.3, 0.4) is 0 Å². The van der Waals surface area contributed by atoms with E-state index in [2.05, 4.69) is 16.0 Å². The summed E-state index contributed by atoms with van der Waals surface area (Å²) in [5.41, 5.74) is 3.46. The summed E-state index contributed by atoms with van der Waals surface area (Å²) in [5, 5.41) is 7.22. The number of alkyl carbamates (subject to hydrolysis) is 1. The fourth-order valence-corrected chi connectivity index (χ4v) is 4.04. The Balaban J connectivity index is 1.63. The molecule has 0 heterocycles. The lowest BCUT2D eigenvalue weighted by atomic mass is 9.98. The minimum atomic E-state index is -0.824. The Hall–Kier alpha value is -4.41. The van der Waals surface area contributed by atoms with E-state index in [1.807, 2.05) is 48.5 Å². The number of benzene rings is 2. The first-order valence-corrected chi connectivity index (χ1v) is 12.5. The van der Waals surface area contributed by atoms with Crippen molar-refractivity contribution in [1.29, 1.82) is 0 Å². The van der Waals surface area contributed by atoms with Crippen molar-refractivity contribution in [3.05, 3.63) is 59.7 Å². The molecule has 4 amide bonds. The molecule has 0 aromatic heterocycles. The molecule has 0 bridgehead atoms. The number of fused-ring (bicyclic) bond motifs is 3. The van der Waals surface area contributed by atoms with Gasteiger partial charge in [-0.25, -0.2) is 9.59 Å². The first-order chi connectivity index (χ1) is 18.4. The third kappa shape index (κ3) is 8.56. The highest BCUT2D eigenvalue weighted by atomic mass is 16.6. The van der Waals surface area contributed by atoms with Gasteiger partial charge in [0.1, 0.15) is 31.1 Å². The Morgan fingerprint density at radius 3 is 1.97 bits per heavy atom. The van der Waals surface area contributed by atoms with Crippen LogP contribution < -0.4 is 16.0 Å². The van der Waals surface area contributed by atoms with Crippen LogP contribution in [0.1, 0.15) is 44.7 Å². The molecule has 39 heavy (non-hydrogen) atoms. The smallest absolute Gasteiger partial charge is 0.411 e. The van der Waals surface area contributed by atoms with Gasteiger partial charge in [0.2, 0.25) is 11.8 Å². The van der Waals surface area contributed by atoms with E-state index in [1.54, 1.807) is 20.8 Å². The maximum Gasteiger partial charge on any atom is 0.411 e. The first-order valence-electron chi connectivity index (χ1n) is 12.5. The van der Waals surface area contributed by atoms with E-state index in [0.29, 0.717) is 0 Å². The topological polar surface area (TPSA) is 143 Å². The van der Waals surface area contributed by atoms with Crippen molar-refractivity contribution < 1.29 is 33.4 Å². The summed E-state index contributed by atoms with van der Waals surface area (Å²) in [4.78, 5) is 61.7. The summed E-state index contributed by atoms with van der Waals surface area (Å²) in [6.07, 6.45) is -1.59. The number of hydrogen-bond acceptors (Lipinski definition) is 7. The normalized spacial score (nSPS) is 12.0. The second kappa shape index (κ2) is 12.9. The average molecular weight is 539 g/mol. The number of rotatable bonds is 10. The van der Waals surface area contributed by atoms with Crippen LogP contribution in [-0.4, -0.2) is 73.2 Å². The van der Waals surface area contributed by atoms with Crippen molar-refractivity contribution in [3.8, 4) is 11.1 Å². The monoisotopic (exact) mass is 538 g/mol. The number of ether oxygens (including phenoxy) is 2. The van der Waals surface area contributed by atoms with Crippen LogP contribution in [0.25, 0.3) is 11.1 Å². The van der Waals surface area contributed by atoms with Gasteiger partial charge in [0.05, 0.1) is 13.2 Å². The summed E-state index contributed by atoms with van der Waals surface area (Å²) in [6.45, 7) is 5.01. The van der Waals surface area contributed by atoms with Gasteiger partial charge in [-0.05, 0) is 49.9 Å². The summed E-state index contributed by atoms with van der Waals surface area (Å²) in [7, 11) is 0. The van der Waals surface area contributed by atoms with E-state index < -0.39 is 42.7 Å². The lowest BCUT2D eigenvalue weighted by Gasteiger charge is -2.23. The number of nitrogens with zero attached hydrogens (tertiary/aromatic N) is 1. The molecule has 0 atom stereocenters. The zero-order valence-corrected chi connectivity index (χ0v) is 22.5. The molecule has 0 spiro atoms. The molecule has 0 unspecified atom stereocenters. The molecule has 0 saturated heterocycles. The first kappa shape index (κ1) is 29.2. The Kier molecular flexibility index (Phi) is 9.64. The number of hydrogen-bond donors (Lipinski definition) is 3. The van der Waals surface area contributed by atoms with Crippen LogP contribution >= 0.6 is 0 Å². The van der Waals surface area contributed by atoms with Gasteiger partial charge in [-0.1, -0.05) is 48.5 Å². The minimum absolute atomic E-state index is 0.0204. The maximum absolute atomic E-state index is 13.0. The largest absolute Gasteiger partial charge is 0.448 e. The summed E-state index contributed by atoms with van der Waals surface area (Å²) < 4.78 is 10.7. The van der Waals surface area contributed by atoms with Crippen LogP contribution in [0.2, 0.25) is 0 Å². The summed E-state index contributed by atoms with van der Waals surface area (Å²) >= 11 is 0. The molecular weight excluding hydrogens is 504 g/mol. The fourth-order valence-electron chi connectivity index (χ4n) is 4.04. The molecule has 208 valence electrons. The second-order valence-electron chi connectivity index (χ2n) is 10.1. The highest BCUT2D eigenvalue weighted by Gasteiger charge is 2.30. The van der Waals surface area contributed by atoms with Crippen molar-refractivity contribution >= 4 is 29.8 Å². The Morgan fingerprint density at radius 1 is 0.821 bits per heavy atom. The number of Topliss-reactive ketones (excluding diaryl/α,β-unsaturated/α-hetero) is 1. The molecule has 2 aromatic carbocycles. The zero-order valence-electron chi connectivity index (χ0n) is 22.5. The van der Waals surface area contributed by atoms with Crippen molar-refractivity contribution in [2.24, 2.45) is 0 Å². The van der Waals surface area contributed by atoms with E-state index in [4.69, 9.17) is 9.47 Å². The Bertz CT molecular complexity index is 1190. The van der Waals surface area contributed by atoms with E-state index in [9.17, 15) is 24.0 Å². The molecule has 2 aromatic rings. The predicted molar refractivity (Wildman–Crippen MR) is 143 cm³/mol. The Labute approximate surface area is 227 Å². The molecule has 11 nitrogen and oxygen atoms in total. The average Bonchev–Trinajstić information content (AvgIpc) is 3.20. The lowest BCUT2D eigenvalue weighted by Crippen LogP contribution is -2.49. The van der Waals surface area contributed by atoms with Gasteiger partial charge in [-0.2, -0.15) is 0 Å². The lowest BCUT2D eigenvalue weighted by molar-refractivity contribution is -0.125. The van der Waals surface area contributed by atoms with Gasteiger partial charge >= 0.3 is 12.2 Å². The van der Waals surface area contributed by atoms with Crippen molar-refractivity contribution in [3.63, 3.8) is 0 Å². The van der Waals surface area contributed by atoms with Crippen LogP contribution in [0, 0.1) is 0 Å². The third-order valence-corrected chi connectivity index (χ3v) is 5.72. The number of ketones is 1. The summed E-state index contributed by atoms with van der Waals surface area (Å²) in [6, 6.07) is 15.7. The second-order valence-corrected chi connectivity index (χ2v) is 10.1. The number of carbonyl (C=O) groups is 5. The van der Waals surface area contributed by atoms with Gasteiger partial charge < -0.3 is 25.4 Å². The molecule has 0 radical (unpaired) electrons. The zero-order chi connectivity index (χ0) is 28.6. The maximum atomic E-state index is 13.0. The van der Waals surface area contributed by atoms with Gasteiger partial charge in [0.15, 0.2) is 0 Å². The molecular formula is C28H34N4O7. The standard InChI is InChI=1S/C28H34N4O7/c1-18(33)13-29-25(35)15-32(17-31-24(34)14-30-26(36)39-28(2,3)4)27(37)38-16-23-21-11-7-5-9-19(21)20-10-6-8-12-22(20)23/h5-12,23H,13-17H2,1-4H3,(H,29,35)(H,30,36)(H,31,34). The fraction of sp³-hybridized carbons (Fsp3) is 0.393. The van der Waals surface area contributed by atoms with E-state index in [-0.39, 0.29) is 31.5 Å². The van der Waals surface area contributed by atoms with Crippen LogP contribution in [-0.2, 0) is 23.9 Å².